The van der Waals surface area contributed by atoms with Crippen LogP contribution in [0.5, 0.6) is 11.5 Å². The summed E-state index contributed by atoms with van der Waals surface area (Å²) < 4.78 is 19.5. The summed E-state index contributed by atoms with van der Waals surface area (Å²) in [5.41, 5.74) is 0.849. The molecule has 0 aliphatic carbocycles. The summed E-state index contributed by atoms with van der Waals surface area (Å²) in [5, 5.41) is 8.85. The van der Waals surface area contributed by atoms with Crippen LogP contribution < -0.4 is 9.47 Å². The molecule has 9 nitrogen and oxygen atoms in total. The van der Waals surface area contributed by atoms with Crippen molar-refractivity contribution >= 4 is 0 Å². The van der Waals surface area contributed by atoms with Crippen LogP contribution in [-0.2, 0) is 11.2 Å². The van der Waals surface area contributed by atoms with Crippen LogP contribution in [0.3, 0.4) is 0 Å². The van der Waals surface area contributed by atoms with Gasteiger partial charge in [0.1, 0.15) is 18.7 Å². The Hall–Kier alpha value is -2.94. The Balaban J connectivity index is 1.75. The second kappa shape index (κ2) is 6.52. The lowest BCUT2D eigenvalue weighted by atomic mass is 10.2. The molecule has 2 aromatic heterocycles. The summed E-state index contributed by atoms with van der Waals surface area (Å²) in [5.74, 6) is 2.90. The van der Waals surface area contributed by atoms with Crippen molar-refractivity contribution in [2.45, 2.75) is 19.4 Å². The monoisotopic (exact) mass is 342 g/mol. The molecule has 1 atom stereocenters. The molecule has 9 heteroatoms. The predicted octanol–water partition coefficient (Wildman–Crippen LogP) is 1.39. The van der Waals surface area contributed by atoms with Crippen molar-refractivity contribution in [2.75, 3.05) is 20.5 Å². The van der Waals surface area contributed by atoms with Gasteiger partial charge in [0, 0.05) is 19.6 Å². The van der Waals surface area contributed by atoms with Gasteiger partial charge in [0.2, 0.25) is 6.79 Å². The van der Waals surface area contributed by atoms with Gasteiger partial charge in [-0.1, -0.05) is 0 Å². The molecule has 4 rings (SSSR count). The highest BCUT2D eigenvalue weighted by Crippen LogP contribution is 2.34. The van der Waals surface area contributed by atoms with Gasteiger partial charge in [0.05, 0.1) is 12.3 Å². The minimum absolute atomic E-state index is 0.128. The smallest absolute Gasteiger partial charge is 0.231 e. The van der Waals surface area contributed by atoms with Gasteiger partial charge < -0.3 is 14.2 Å². The summed E-state index contributed by atoms with van der Waals surface area (Å²) in [6.07, 6.45) is 3.80. The molecule has 25 heavy (non-hydrogen) atoms. The molecule has 0 radical (unpaired) electrons. The zero-order valence-electron chi connectivity index (χ0n) is 14.0. The van der Waals surface area contributed by atoms with Crippen LogP contribution in [0.25, 0.3) is 5.69 Å². The summed E-state index contributed by atoms with van der Waals surface area (Å²) in [7, 11) is 1.66. The van der Waals surface area contributed by atoms with Crippen LogP contribution in [0.2, 0.25) is 0 Å². The van der Waals surface area contributed by atoms with Gasteiger partial charge in [0.25, 0.3) is 0 Å². The van der Waals surface area contributed by atoms with E-state index in [1.807, 2.05) is 25.1 Å². The first-order chi connectivity index (χ1) is 12.3. The van der Waals surface area contributed by atoms with Crippen molar-refractivity contribution in [1.82, 2.24) is 29.5 Å². The Labute approximate surface area is 144 Å². The molecule has 3 aromatic rings. The van der Waals surface area contributed by atoms with Gasteiger partial charge in [-0.05, 0) is 19.1 Å². The van der Waals surface area contributed by atoms with Crippen LogP contribution in [0.15, 0.2) is 30.9 Å². The lowest BCUT2D eigenvalue weighted by Crippen LogP contribution is -2.14. The van der Waals surface area contributed by atoms with Crippen LogP contribution in [0.4, 0.5) is 0 Å². The predicted molar refractivity (Wildman–Crippen MR) is 86.9 cm³/mol. The second-order valence-electron chi connectivity index (χ2n) is 5.63. The van der Waals surface area contributed by atoms with Crippen molar-refractivity contribution < 1.29 is 14.2 Å². The van der Waals surface area contributed by atoms with E-state index < -0.39 is 0 Å². The summed E-state index contributed by atoms with van der Waals surface area (Å²) in [6.45, 7) is 2.79. The third-order valence-electron chi connectivity index (χ3n) is 4.01. The van der Waals surface area contributed by atoms with Crippen molar-refractivity contribution in [3.8, 4) is 17.2 Å². The number of rotatable bonds is 6. The van der Waals surface area contributed by atoms with Crippen LogP contribution in [0.1, 0.15) is 24.6 Å². The van der Waals surface area contributed by atoms with Crippen molar-refractivity contribution in [1.29, 1.82) is 0 Å². The minimum Gasteiger partial charge on any atom is -0.454 e. The van der Waals surface area contributed by atoms with E-state index >= 15 is 0 Å². The van der Waals surface area contributed by atoms with Gasteiger partial charge in [-0.25, -0.2) is 19.3 Å². The molecule has 0 saturated carbocycles. The molecule has 1 aliphatic rings. The molecular formula is C16H18N6O3. The van der Waals surface area contributed by atoms with Gasteiger partial charge in [-0.3, -0.25) is 0 Å². The number of nitrogens with zero attached hydrogens (tertiary/aromatic N) is 6. The molecule has 3 heterocycles. The molecule has 0 amide bonds. The first kappa shape index (κ1) is 15.6. The Kier molecular flexibility index (Phi) is 4.06. The summed E-state index contributed by atoms with van der Waals surface area (Å²) in [6, 6.07) is 5.57. The number of ether oxygens (including phenoxy) is 3. The van der Waals surface area contributed by atoms with Gasteiger partial charge in [-0.15, -0.1) is 0 Å². The fraction of sp³-hybridized carbons (Fsp3) is 0.375. The molecular weight excluding hydrogens is 324 g/mol. The van der Waals surface area contributed by atoms with Crippen molar-refractivity contribution in [3.63, 3.8) is 0 Å². The van der Waals surface area contributed by atoms with Gasteiger partial charge >= 0.3 is 0 Å². The van der Waals surface area contributed by atoms with E-state index in [0.29, 0.717) is 24.6 Å². The molecule has 0 bridgehead atoms. The van der Waals surface area contributed by atoms with E-state index in [-0.39, 0.29) is 12.8 Å². The van der Waals surface area contributed by atoms with Crippen LogP contribution in [-0.4, -0.2) is 50.0 Å². The highest BCUT2D eigenvalue weighted by atomic mass is 16.7. The molecule has 1 aromatic carbocycles. The average Bonchev–Trinajstić information content (AvgIpc) is 3.38. The maximum Gasteiger partial charge on any atom is 0.231 e. The maximum absolute atomic E-state index is 5.47. The number of methoxy groups -OCH3 is 1. The minimum atomic E-state index is -0.128. The molecule has 0 spiro atoms. The molecule has 0 unspecified atom stereocenters. The third-order valence-corrected chi connectivity index (χ3v) is 4.01. The molecule has 0 fully saturated rings. The molecule has 130 valence electrons. The Morgan fingerprint density at radius 3 is 2.96 bits per heavy atom. The topological polar surface area (TPSA) is 89.1 Å². The van der Waals surface area contributed by atoms with E-state index in [1.165, 1.54) is 6.33 Å². The first-order valence-electron chi connectivity index (χ1n) is 7.95. The molecule has 0 N–H and O–H groups in total. The van der Waals surface area contributed by atoms with Gasteiger partial charge in [0.15, 0.2) is 23.1 Å². The fourth-order valence-corrected chi connectivity index (χ4v) is 2.68. The van der Waals surface area contributed by atoms with E-state index in [0.717, 1.165) is 17.3 Å². The lowest BCUT2D eigenvalue weighted by Gasteiger charge is -2.12. The highest BCUT2D eigenvalue weighted by molar-refractivity contribution is 5.50. The first-order valence-corrected chi connectivity index (χ1v) is 7.95. The van der Waals surface area contributed by atoms with E-state index in [9.17, 15) is 0 Å². The normalized spacial score (nSPS) is 14.0. The van der Waals surface area contributed by atoms with Gasteiger partial charge in [-0.2, -0.15) is 10.2 Å². The van der Waals surface area contributed by atoms with Crippen LogP contribution in [0, 0.1) is 0 Å². The summed E-state index contributed by atoms with van der Waals surface area (Å²) >= 11 is 0. The number of hydrogen-bond acceptors (Lipinski definition) is 7. The van der Waals surface area contributed by atoms with E-state index in [4.69, 9.17) is 14.2 Å². The molecule has 0 saturated heterocycles. The number of hydrogen-bond donors (Lipinski definition) is 0. The number of fused-ring (bicyclic) bond motifs is 1. The van der Waals surface area contributed by atoms with E-state index in [1.54, 1.807) is 22.8 Å². The second-order valence-corrected chi connectivity index (χ2v) is 5.63. The Morgan fingerprint density at radius 2 is 2.16 bits per heavy atom. The zero-order valence-corrected chi connectivity index (χ0v) is 14.0. The fourth-order valence-electron chi connectivity index (χ4n) is 2.68. The maximum atomic E-state index is 5.47. The highest BCUT2D eigenvalue weighted by Gasteiger charge is 2.21. The Bertz CT molecular complexity index is 861. The third kappa shape index (κ3) is 2.93. The summed E-state index contributed by atoms with van der Waals surface area (Å²) in [4.78, 5) is 8.70. The van der Waals surface area contributed by atoms with Crippen molar-refractivity contribution in [3.05, 3.63) is 42.5 Å². The Morgan fingerprint density at radius 1 is 1.28 bits per heavy atom. The van der Waals surface area contributed by atoms with Crippen LogP contribution >= 0.6 is 0 Å². The molecule has 1 aliphatic heterocycles. The number of aromatic nitrogens is 6. The largest absolute Gasteiger partial charge is 0.454 e. The standard InChI is InChI=1S/C16H18N6O3/c1-11(21-9-17-8-18-21)16-19-15(5-6-23-2)20-22(16)12-3-4-13-14(7-12)25-10-24-13/h3-4,7-9,11H,5-6,10H2,1-2H3/t11-/m1/s1. The SMILES string of the molecule is COCCc1nc([C@@H](C)n2cncn2)n(-c2ccc3c(c2)OCO3)n1. The van der Waals surface area contributed by atoms with E-state index in [2.05, 4.69) is 20.2 Å². The van der Waals surface area contributed by atoms with Crippen molar-refractivity contribution in [2.24, 2.45) is 0 Å². The quantitative estimate of drug-likeness (QED) is 0.668. The average molecular weight is 342 g/mol. The lowest BCUT2D eigenvalue weighted by molar-refractivity contribution is 0.174. The number of benzene rings is 1. The zero-order chi connectivity index (χ0) is 17.2.